The van der Waals surface area contributed by atoms with Gasteiger partial charge in [0.2, 0.25) is 0 Å². The summed E-state index contributed by atoms with van der Waals surface area (Å²) < 4.78 is 5.46. The van der Waals surface area contributed by atoms with Crippen LogP contribution in [0.3, 0.4) is 0 Å². The summed E-state index contributed by atoms with van der Waals surface area (Å²) in [4.78, 5) is 6.80. The second-order valence-corrected chi connectivity index (χ2v) is 5.18. The van der Waals surface area contributed by atoms with E-state index in [1.54, 1.807) is 13.3 Å². The molecule has 4 nitrogen and oxygen atoms in total. The van der Waals surface area contributed by atoms with Crippen molar-refractivity contribution >= 4 is 5.82 Å². The normalized spacial score (nSPS) is 22.5. The molecule has 0 radical (unpaired) electrons. The van der Waals surface area contributed by atoms with Crippen molar-refractivity contribution in [3.8, 4) is 6.07 Å². The van der Waals surface area contributed by atoms with Crippen molar-refractivity contribution in [2.45, 2.75) is 38.1 Å². The predicted octanol–water partition coefficient (Wildman–Crippen LogP) is 2.74. The monoisotopic (exact) mass is 259 g/mol. The second kappa shape index (κ2) is 6.03. The van der Waals surface area contributed by atoms with Crippen molar-refractivity contribution in [3.63, 3.8) is 0 Å². The molecule has 102 valence electrons. The van der Waals surface area contributed by atoms with Gasteiger partial charge in [0, 0.05) is 19.9 Å². The lowest BCUT2D eigenvalue weighted by Gasteiger charge is -2.39. The van der Waals surface area contributed by atoms with E-state index in [-0.39, 0.29) is 5.54 Å². The predicted molar refractivity (Wildman–Crippen MR) is 75.0 cm³/mol. The zero-order valence-electron chi connectivity index (χ0n) is 11.7. The zero-order valence-corrected chi connectivity index (χ0v) is 11.7. The molecule has 0 saturated carbocycles. The molecule has 1 atom stereocenters. The number of anilines is 1. The van der Waals surface area contributed by atoms with E-state index < -0.39 is 0 Å². The highest BCUT2D eigenvalue weighted by atomic mass is 16.5. The van der Waals surface area contributed by atoms with Crippen molar-refractivity contribution in [2.24, 2.45) is 0 Å². The fourth-order valence-electron chi connectivity index (χ4n) is 3.12. The van der Waals surface area contributed by atoms with Crippen LogP contribution in [-0.2, 0) is 4.74 Å². The first kappa shape index (κ1) is 13.8. The summed E-state index contributed by atoms with van der Waals surface area (Å²) >= 11 is 0. The molecular formula is C15H21N3O. The van der Waals surface area contributed by atoms with Crippen molar-refractivity contribution in [3.05, 3.63) is 23.9 Å². The summed E-state index contributed by atoms with van der Waals surface area (Å²) in [5.41, 5.74) is 0.681. The van der Waals surface area contributed by atoms with Crippen LogP contribution < -0.4 is 4.90 Å². The third kappa shape index (κ3) is 2.71. The van der Waals surface area contributed by atoms with E-state index in [1.807, 2.05) is 12.1 Å². The van der Waals surface area contributed by atoms with Gasteiger partial charge in [-0.15, -0.1) is 0 Å². The molecule has 0 spiro atoms. The van der Waals surface area contributed by atoms with Gasteiger partial charge in [0.15, 0.2) is 0 Å². The van der Waals surface area contributed by atoms with Gasteiger partial charge in [0.05, 0.1) is 17.7 Å². The van der Waals surface area contributed by atoms with Crippen LogP contribution in [-0.4, -0.2) is 30.8 Å². The molecule has 0 N–H and O–H groups in total. The number of aromatic nitrogens is 1. The minimum absolute atomic E-state index is 0.0741. The molecule has 1 aromatic heterocycles. The average molecular weight is 259 g/mol. The Morgan fingerprint density at radius 3 is 2.95 bits per heavy atom. The summed E-state index contributed by atoms with van der Waals surface area (Å²) in [7, 11) is 1.76. The second-order valence-electron chi connectivity index (χ2n) is 5.18. The summed E-state index contributed by atoms with van der Waals surface area (Å²) in [6, 6.07) is 5.90. The SMILES string of the molecule is CCCC1(COC)CCCN1c1ccc(C#N)cn1. The van der Waals surface area contributed by atoms with Gasteiger partial charge in [-0.05, 0) is 31.4 Å². The number of hydrogen-bond acceptors (Lipinski definition) is 4. The largest absolute Gasteiger partial charge is 0.382 e. The highest BCUT2D eigenvalue weighted by Crippen LogP contribution is 2.36. The van der Waals surface area contributed by atoms with Gasteiger partial charge in [-0.2, -0.15) is 5.26 Å². The van der Waals surface area contributed by atoms with E-state index in [0.29, 0.717) is 5.56 Å². The molecule has 1 aromatic rings. The fourth-order valence-corrected chi connectivity index (χ4v) is 3.12. The maximum Gasteiger partial charge on any atom is 0.129 e. The molecule has 1 aliphatic rings. The molecule has 1 saturated heterocycles. The number of nitrogens with zero attached hydrogens (tertiary/aromatic N) is 3. The van der Waals surface area contributed by atoms with E-state index in [0.717, 1.165) is 38.2 Å². The van der Waals surface area contributed by atoms with Gasteiger partial charge >= 0.3 is 0 Å². The summed E-state index contributed by atoms with van der Waals surface area (Å²) in [5.74, 6) is 0.960. The Bertz CT molecular complexity index is 443. The van der Waals surface area contributed by atoms with Gasteiger partial charge in [0.25, 0.3) is 0 Å². The van der Waals surface area contributed by atoms with Crippen molar-refractivity contribution in [1.82, 2.24) is 4.98 Å². The molecule has 1 unspecified atom stereocenters. The van der Waals surface area contributed by atoms with Gasteiger partial charge in [-0.3, -0.25) is 0 Å². The number of nitriles is 1. The smallest absolute Gasteiger partial charge is 0.129 e. The van der Waals surface area contributed by atoms with Crippen molar-refractivity contribution < 1.29 is 4.74 Å². The van der Waals surface area contributed by atoms with Crippen LogP contribution in [0.1, 0.15) is 38.2 Å². The topological polar surface area (TPSA) is 49.1 Å². The van der Waals surface area contributed by atoms with Gasteiger partial charge in [0.1, 0.15) is 11.9 Å². The van der Waals surface area contributed by atoms with Crippen LogP contribution >= 0.6 is 0 Å². The minimum atomic E-state index is 0.0741. The molecule has 0 bridgehead atoms. The third-order valence-corrected chi connectivity index (χ3v) is 3.88. The van der Waals surface area contributed by atoms with Gasteiger partial charge in [-0.1, -0.05) is 13.3 Å². The van der Waals surface area contributed by atoms with Gasteiger partial charge in [-0.25, -0.2) is 4.98 Å². The van der Waals surface area contributed by atoms with Crippen molar-refractivity contribution in [2.75, 3.05) is 25.2 Å². The highest BCUT2D eigenvalue weighted by Gasteiger charge is 2.40. The van der Waals surface area contributed by atoms with Crippen LogP contribution in [0.25, 0.3) is 0 Å². The number of rotatable bonds is 5. The lowest BCUT2D eigenvalue weighted by molar-refractivity contribution is 0.127. The highest BCUT2D eigenvalue weighted by molar-refractivity contribution is 5.46. The molecule has 1 aliphatic heterocycles. The third-order valence-electron chi connectivity index (χ3n) is 3.88. The maximum absolute atomic E-state index is 8.84. The van der Waals surface area contributed by atoms with Gasteiger partial charge < -0.3 is 9.64 Å². The molecule has 0 aliphatic carbocycles. The number of hydrogen-bond donors (Lipinski definition) is 0. The number of methoxy groups -OCH3 is 1. The Labute approximate surface area is 115 Å². The molecule has 2 heterocycles. The minimum Gasteiger partial charge on any atom is -0.382 e. The number of ether oxygens (including phenoxy) is 1. The lowest BCUT2D eigenvalue weighted by atomic mass is 9.91. The van der Waals surface area contributed by atoms with Crippen LogP contribution in [0, 0.1) is 11.3 Å². The zero-order chi connectivity index (χ0) is 13.7. The first-order valence-electron chi connectivity index (χ1n) is 6.88. The Morgan fingerprint density at radius 2 is 2.37 bits per heavy atom. The first-order chi connectivity index (χ1) is 9.25. The Morgan fingerprint density at radius 1 is 1.53 bits per heavy atom. The van der Waals surface area contributed by atoms with E-state index in [9.17, 15) is 0 Å². The Hall–Kier alpha value is -1.60. The van der Waals surface area contributed by atoms with E-state index in [1.165, 1.54) is 6.42 Å². The van der Waals surface area contributed by atoms with Crippen LogP contribution in [0.4, 0.5) is 5.82 Å². The quantitative estimate of drug-likeness (QED) is 0.815. The van der Waals surface area contributed by atoms with E-state index in [2.05, 4.69) is 22.9 Å². The molecule has 19 heavy (non-hydrogen) atoms. The molecule has 0 aromatic carbocycles. The van der Waals surface area contributed by atoms with E-state index >= 15 is 0 Å². The molecule has 4 heteroatoms. The van der Waals surface area contributed by atoms with Crippen molar-refractivity contribution in [1.29, 1.82) is 5.26 Å². The Kier molecular flexibility index (Phi) is 4.39. The van der Waals surface area contributed by atoms with Crippen LogP contribution in [0.15, 0.2) is 18.3 Å². The van der Waals surface area contributed by atoms with E-state index in [4.69, 9.17) is 10.00 Å². The summed E-state index contributed by atoms with van der Waals surface area (Å²) in [6.07, 6.45) is 6.22. The molecule has 1 fully saturated rings. The maximum atomic E-state index is 8.84. The van der Waals surface area contributed by atoms with Crippen LogP contribution in [0.2, 0.25) is 0 Å². The van der Waals surface area contributed by atoms with Crippen LogP contribution in [0.5, 0.6) is 0 Å². The summed E-state index contributed by atoms with van der Waals surface area (Å²) in [6.45, 7) is 3.96. The fraction of sp³-hybridized carbons (Fsp3) is 0.600. The number of pyridine rings is 1. The molecule has 2 rings (SSSR count). The first-order valence-corrected chi connectivity index (χ1v) is 6.88. The lowest BCUT2D eigenvalue weighted by Crippen LogP contribution is -2.48. The average Bonchev–Trinajstić information content (AvgIpc) is 2.83. The standard InChI is InChI=1S/C15H21N3O/c1-3-7-15(12-19-2)8-4-9-18(15)14-6-5-13(10-16)11-17-14/h5-6,11H,3-4,7-9,12H2,1-2H3. The summed E-state index contributed by atoms with van der Waals surface area (Å²) in [5, 5.41) is 8.84. The Balaban J connectivity index is 2.27. The molecular weight excluding hydrogens is 238 g/mol. The molecule has 0 amide bonds.